The Morgan fingerprint density at radius 3 is 2.55 bits per heavy atom. The predicted octanol–water partition coefficient (Wildman–Crippen LogP) is 4.05. The quantitative estimate of drug-likeness (QED) is 0.878. The van der Waals surface area contributed by atoms with Crippen LogP contribution in [0.15, 0.2) is 12.1 Å². The third-order valence-corrected chi connectivity index (χ3v) is 4.31. The van der Waals surface area contributed by atoms with Crippen LogP contribution >= 0.6 is 0 Å². The van der Waals surface area contributed by atoms with Crippen molar-refractivity contribution in [1.82, 2.24) is 5.32 Å². The van der Waals surface area contributed by atoms with E-state index in [9.17, 15) is 4.39 Å². The molecular weight excluding hydrogens is 253 g/mol. The highest BCUT2D eigenvalue weighted by atomic mass is 19.1. The smallest absolute Gasteiger partial charge is 0.123 e. The molecule has 0 aliphatic carbocycles. The minimum absolute atomic E-state index is 0.144. The third-order valence-electron chi connectivity index (χ3n) is 4.31. The van der Waals surface area contributed by atoms with Crippen LogP contribution in [0, 0.1) is 19.7 Å². The number of rotatable bonds is 5. The zero-order valence-electron chi connectivity index (χ0n) is 12.8. The fraction of sp³-hybridized carbons (Fsp3) is 0.647. The molecule has 1 aliphatic rings. The summed E-state index contributed by atoms with van der Waals surface area (Å²) in [5.41, 5.74) is 3.31. The first-order valence-electron chi connectivity index (χ1n) is 7.67. The third kappa shape index (κ3) is 3.80. The van der Waals surface area contributed by atoms with Crippen molar-refractivity contribution in [3.8, 4) is 0 Å². The van der Waals surface area contributed by atoms with Gasteiger partial charge in [0.1, 0.15) is 5.82 Å². The van der Waals surface area contributed by atoms with E-state index in [1.165, 1.54) is 24.8 Å². The summed E-state index contributed by atoms with van der Waals surface area (Å²) < 4.78 is 19.2. The summed E-state index contributed by atoms with van der Waals surface area (Å²) in [6, 6.07) is 3.54. The van der Waals surface area contributed by atoms with E-state index in [2.05, 4.69) is 5.32 Å². The molecule has 2 unspecified atom stereocenters. The second kappa shape index (κ2) is 7.19. The number of aryl methyl sites for hydroxylation is 2. The highest BCUT2D eigenvalue weighted by Gasteiger charge is 2.19. The van der Waals surface area contributed by atoms with Crippen molar-refractivity contribution in [2.24, 2.45) is 0 Å². The molecule has 0 bridgehead atoms. The van der Waals surface area contributed by atoms with Gasteiger partial charge < -0.3 is 10.1 Å². The first kappa shape index (κ1) is 15.5. The standard InChI is InChI=1S/C17H26FNO/c1-12-10-14(18)11-13(2)17(12)16(19-3)8-7-15-6-4-5-9-20-15/h10-11,15-16,19H,4-9H2,1-3H3. The van der Waals surface area contributed by atoms with Gasteiger partial charge in [0.15, 0.2) is 0 Å². The Kier molecular flexibility index (Phi) is 5.55. The summed E-state index contributed by atoms with van der Waals surface area (Å²) in [5, 5.41) is 3.38. The molecule has 0 amide bonds. The van der Waals surface area contributed by atoms with Crippen LogP contribution in [0.25, 0.3) is 0 Å². The maximum Gasteiger partial charge on any atom is 0.123 e. The van der Waals surface area contributed by atoms with E-state index in [-0.39, 0.29) is 11.9 Å². The molecule has 1 aromatic carbocycles. The van der Waals surface area contributed by atoms with Gasteiger partial charge in [0.2, 0.25) is 0 Å². The molecule has 3 heteroatoms. The van der Waals surface area contributed by atoms with E-state index < -0.39 is 0 Å². The van der Waals surface area contributed by atoms with Crippen molar-refractivity contribution in [3.63, 3.8) is 0 Å². The average molecular weight is 279 g/mol. The summed E-state index contributed by atoms with van der Waals surface area (Å²) in [6.45, 7) is 4.89. The van der Waals surface area contributed by atoms with E-state index >= 15 is 0 Å². The Balaban J connectivity index is 2.04. The van der Waals surface area contributed by atoms with Crippen molar-refractivity contribution >= 4 is 0 Å². The lowest BCUT2D eigenvalue weighted by atomic mass is 9.91. The van der Waals surface area contributed by atoms with Gasteiger partial charge in [-0.15, -0.1) is 0 Å². The van der Waals surface area contributed by atoms with Gasteiger partial charge in [-0.1, -0.05) is 0 Å². The van der Waals surface area contributed by atoms with Crippen LogP contribution in [0.1, 0.15) is 54.8 Å². The molecule has 0 aromatic heterocycles. The van der Waals surface area contributed by atoms with Crippen LogP contribution in [-0.2, 0) is 4.74 Å². The molecule has 2 atom stereocenters. The normalized spacial score (nSPS) is 20.9. The van der Waals surface area contributed by atoms with Crippen LogP contribution < -0.4 is 5.32 Å². The first-order valence-corrected chi connectivity index (χ1v) is 7.67. The van der Waals surface area contributed by atoms with Crippen LogP contribution in [0.2, 0.25) is 0 Å². The molecular formula is C17H26FNO. The molecule has 0 spiro atoms. The lowest BCUT2D eigenvalue weighted by Crippen LogP contribution is -2.24. The van der Waals surface area contributed by atoms with Gasteiger partial charge in [0.25, 0.3) is 0 Å². The fourth-order valence-electron chi connectivity index (χ4n) is 3.29. The second-order valence-corrected chi connectivity index (χ2v) is 5.86. The van der Waals surface area contributed by atoms with Gasteiger partial charge in [0.05, 0.1) is 6.10 Å². The summed E-state index contributed by atoms with van der Waals surface area (Å²) in [6.07, 6.45) is 6.17. The average Bonchev–Trinajstić information content (AvgIpc) is 2.42. The van der Waals surface area contributed by atoms with E-state index in [1.54, 1.807) is 12.1 Å². The van der Waals surface area contributed by atoms with E-state index in [0.717, 1.165) is 30.6 Å². The van der Waals surface area contributed by atoms with Crippen LogP contribution in [0.4, 0.5) is 4.39 Å². The lowest BCUT2D eigenvalue weighted by molar-refractivity contribution is 0.00864. The number of nitrogens with one attached hydrogen (secondary N) is 1. The summed E-state index contributed by atoms with van der Waals surface area (Å²) in [7, 11) is 1.98. The highest BCUT2D eigenvalue weighted by molar-refractivity contribution is 5.36. The van der Waals surface area contributed by atoms with Gasteiger partial charge in [-0.05, 0) is 81.8 Å². The Hall–Kier alpha value is -0.930. The SMILES string of the molecule is CNC(CCC1CCCCO1)c1c(C)cc(F)cc1C. The van der Waals surface area contributed by atoms with Gasteiger partial charge in [-0.3, -0.25) is 0 Å². The van der Waals surface area contributed by atoms with Crippen molar-refractivity contribution < 1.29 is 9.13 Å². The predicted molar refractivity (Wildman–Crippen MR) is 80.5 cm³/mol. The summed E-state index contributed by atoms with van der Waals surface area (Å²) in [5.74, 6) is -0.144. The van der Waals surface area contributed by atoms with E-state index in [0.29, 0.717) is 6.10 Å². The molecule has 2 nitrogen and oxygen atoms in total. The molecule has 1 saturated heterocycles. The monoisotopic (exact) mass is 279 g/mol. The van der Waals surface area contributed by atoms with Crippen LogP contribution in [-0.4, -0.2) is 19.8 Å². The largest absolute Gasteiger partial charge is 0.378 e. The first-order chi connectivity index (χ1) is 9.61. The molecule has 0 radical (unpaired) electrons. The molecule has 112 valence electrons. The molecule has 1 heterocycles. The number of benzene rings is 1. The molecule has 1 fully saturated rings. The summed E-state index contributed by atoms with van der Waals surface area (Å²) in [4.78, 5) is 0. The maximum atomic E-state index is 13.4. The minimum atomic E-state index is -0.144. The van der Waals surface area contributed by atoms with Gasteiger partial charge in [-0.25, -0.2) is 4.39 Å². The van der Waals surface area contributed by atoms with E-state index in [4.69, 9.17) is 4.74 Å². The second-order valence-electron chi connectivity index (χ2n) is 5.86. The number of hydrogen-bond acceptors (Lipinski definition) is 2. The molecule has 1 N–H and O–H groups in total. The van der Waals surface area contributed by atoms with Crippen molar-refractivity contribution in [3.05, 3.63) is 34.6 Å². The topological polar surface area (TPSA) is 21.3 Å². The highest BCUT2D eigenvalue weighted by Crippen LogP contribution is 2.28. The van der Waals surface area contributed by atoms with Gasteiger partial charge in [-0.2, -0.15) is 0 Å². The molecule has 20 heavy (non-hydrogen) atoms. The van der Waals surface area contributed by atoms with Crippen molar-refractivity contribution in [2.75, 3.05) is 13.7 Å². The zero-order valence-corrected chi connectivity index (χ0v) is 12.8. The number of ether oxygens (including phenoxy) is 1. The fourth-order valence-corrected chi connectivity index (χ4v) is 3.29. The molecule has 1 aromatic rings. The number of halogens is 1. The van der Waals surface area contributed by atoms with Crippen molar-refractivity contribution in [2.45, 2.75) is 58.1 Å². The van der Waals surface area contributed by atoms with Gasteiger partial charge >= 0.3 is 0 Å². The Morgan fingerprint density at radius 2 is 2.00 bits per heavy atom. The maximum absolute atomic E-state index is 13.4. The zero-order chi connectivity index (χ0) is 14.5. The molecule has 1 aliphatic heterocycles. The van der Waals surface area contributed by atoms with Crippen LogP contribution in [0.3, 0.4) is 0 Å². The van der Waals surface area contributed by atoms with Crippen LogP contribution in [0.5, 0.6) is 0 Å². The van der Waals surface area contributed by atoms with E-state index in [1.807, 2.05) is 20.9 Å². The lowest BCUT2D eigenvalue weighted by Gasteiger charge is -2.26. The Morgan fingerprint density at radius 1 is 1.30 bits per heavy atom. The van der Waals surface area contributed by atoms with Gasteiger partial charge in [0, 0.05) is 12.6 Å². The number of hydrogen-bond donors (Lipinski definition) is 1. The minimum Gasteiger partial charge on any atom is -0.378 e. The molecule has 0 saturated carbocycles. The Bertz CT molecular complexity index is 418. The Labute approximate surface area is 121 Å². The summed E-state index contributed by atoms with van der Waals surface area (Å²) >= 11 is 0. The molecule has 2 rings (SSSR count). The van der Waals surface area contributed by atoms with Crippen molar-refractivity contribution in [1.29, 1.82) is 0 Å².